The molecule has 0 fully saturated rings. The zero-order chi connectivity index (χ0) is 13.5. The minimum Gasteiger partial charge on any atom is -0.478 e. The minimum absolute atomic E-state index is 0.124. The van der Waals surface area contributed by atoms with Gasteiger partial charge in [0.15, 0.2) is 0 Å². The van der Waals surface area contributed by atoms with Crippen LogP contribution < -0.4 is 0 Å². The van der Waals surface area contributed by atoms with Crippen LogP contribution in [0, 0.1) is 0 Å². The van der Waals surface area contributed by atoms with Crippen molar-refractivity contribution in [3.05, 3.63) is 39.9 Å². The number of hydrogen-bond acceptors (Lipinski definition) is 3. The Morgan fingerprint density at radius 2 is 2.17 bits per heavy atom. The molecule has 0 bridgehead atoms. The van der Waals surface area contributed by atoms with E-state index in [4.69, 9.17) is 9.84 Å². The van der Waals surface area contributed by atoms with Crippen LogP contribution in [-0.2, 0) is 9.53 Å². The number of ether oxygens (including phenoxy) is 1. The van der Waals surface area contributed by atoms with Gasteiger partial charge in [0.25, 0.3) is 0 Å². The van der Waals surface area contributed by atoms with Gasteiger partial charge in [-0.1, -0.05) is 28.1 Å². The fourth-order valence-corrected chi connectivity index (χ4v) is 1.75. The number of carboxylic acid groups (broad SMARTS) is 1. The van der Waals surface area contributed by atoms with Crippen LogP contribution >= 0.6 is 15.9 Å². The van der Waals surface area contributed by atoms with Crippen LogP contribution in [-0.4, -0.2) is 23.7 Å². The van der Waals surface area contributed by atoms with E-state index in [1.54, 1.807) is 31.2 Å². The van der Waals surface area contributed by atoms with E-state index < -0.39 is 5.97 Å². The average molecular weight is 313 g/mol. The number of halogens is 1. The van der Waals surface area contributed by atoms with E-state index >= 15 is 0 Å². The van der Waals surface area contributed by atoms with Crippen molar-refractivity contribution >= 4 is 33.9 Å². The molecular weight excluding hydrogens is 300 g/mol. The molecule has 0 heterocycles. The number of carboxylic acids is 1. The second-order valence-corrected chi connectivity index (χ2v) is 4.36. The summed E-state index contributed by atoms with van der Waals surface area (Å²) in [5, 5.41) is 9.01. The molecule has 0 aliphatic heterocycles. The molecular formula is C13H13BrO4. The first kappa shape index (κ1) is 14.4. The third kappa shape index (κ3) is 4.33. The average Bonchev–Trinajstić information content (AvgIpc) is 2.29. The van der Waals surface area contributed by atoms with Gasteiger partial charge in [-0.15, -0.1) is 0 Å². The second-order valence-electron chi connectivity index (χ2n) is 3.45. The Bertz CT molecular complexity index is 480. The predicted molar refractivity (Wildman–Crippen MR) is 71.4 cm³/mol. The molecule has 0 aliphatic carbocycles. The van der Waals surface area contributed by atoms with Crippen LogP contribution in [0.2, 0.25) is 0 Å². The van der Waals surface area contributed by atoms with Crippen molar-refractivity contribution in [2.75, 3.05) is 6.61 Å². The molecule has 0 spiro atoms. The fourth-order valence-electron chi connectivity index (χ4n) is 1.37. The van der Waals surface area contributed by atoms with Gasteiger partial charge in [0.2, 0.25) is 0 Å². The largest absolute Gasteiger partial charge is 0.478 e. The van der Waals surface area contributed by atoms with Crippen molar-refractivity contribution in [2.24, 2.45) is 0 Å². The summed E-state index contributed by atoms with van der Waals surface area (Å²) in [4.78, 5) is 22.1. The molecule has 0 aliphatic rings. The number of carbonyl (C=O) groups is 2. The molecule has 0 atom stereocenters. The smallest absolute Gasteiger partial charge is 0.336 e. The van der Waals surface area contributed by atoms with Gasteiger partial charge in [-0.3, -0.25) is 4.79 Å². The highest BCUT2D eigenvalue weighted by atomic mass is 79.9. The molecule has 0 unspecified atom stereocenters. The number of benzene rings is 1. The van der Waals surface area contributed by atoms with Crippen LogP contribution in [0.4, 0.5) is 0 Å². The molecule has 1 rings (SSSR count). The Morgan fingerprint density at radius 3 is 2.78 bits per heavy atom. The summed E-state index contributed by atoms with van der Waals surface area (Å²) < 4.78 is 5.55. The molecule has 0 aromatic heterocycles. The summed E-state index contributed by atoms with van der Waals surface area (Å²) in [5.41, 5.74) is 0.736. The Balaban J connectivity index is 2.82. The van der Waals surface area contributed by atoms with Gasteiger partial charge in [-0.05, 0) is 30.7 Å². The standard InChI is InChI=1S/C13H13BrO4/c1-2-18-12(15)5-3-4-9-8-10(14)6-7-11(9)13(16)17/h3-4,6-8H,2,5H2,1H3,(H,16,17). The maximum atomic E-state index is 11.1. The fraction of sp³-hybridized carbons (Fsp3) is 0.231. The van der Waals surface area contributed by atoms with Crippen molar-refractivity contribution in [2.45, 2.75) is 13.3 Å². The number of hydrogen-bond donors (Lipinski definition) is 1. The van der Waals surface area contributed by atoms with Crippen LogP contribution in [0.15, 0.2) is 28.7 Å². The summed E-state index contributed by atoms with van der Waals surface area (Å²) in [5.74, 6) is -1.33. The minimum atomic E-state index is -1.00. The molecule has 0 amide bonds. The van der Waals surface area contributed by atoms with Crippen LogP contribution in [0.1, 0.15) is 29.3 Å². The molecule has 0 saturated heterocycles. The maximum absolute atomic E-state index is 11.1. The normalized spacial score (nSPS) is 10.6. The molecule has 96 valence electrons. The molecule has 18 heavy (non-hydrogen) atoms. The van der Waals surface area contributed by atoms with E-state index in [1.165, 1.54) is 6.07 Å². The highest BCUT2D eigenvalue weighted by Crippen LogP contribution is 2.18. The van der Waals surface area contributed by atoms with Crippen molar-refractivity contribution in [1.82, 2.24) is 0 Å². The third-order valence-electron chi connectivity index (χ3n) is 2.13. The van der Waals surface area contributed by atoms with Gasteiger partial charge in [0, 0.05) is 4.47 Å². The predicted octanol–water partition coefficient (Wildman–Crippen LogP) is 3.11. The molecule has 1 aromatic carbocycles. The molecule has 1 aromatic rings. The summed E-state index contributed by atoms with van der Waals surface area (Å²) >= 11 is 3.27. The zero-order valence-corrected chi connectivity index (χ0v) is 11.4. The molecule has 1 N–H and O–H groups in total. The van der Waals surface area contributed by atoms with E-state index in [0.29, 0.717) is 12.2 Å². The van der Waals surface area contributed by atoms with Gasteiger partial charge in [0.1, 0.15) is 0 Å². The summed E-state index contributed by atoms with van der Waals surface area (Å²) in [6.07, 6.45) is 3.32. The molecule has 4 nitrogen and oxygen atoms in total. The lowest BCUT2D eigenvalue weighted by atomic mass is 10.1. The van der Waals surface area contributed by atoms with Crippen molar-refractivity contribution in [1.29, 1.82) is 0 Å². The van der Waals surface area contributed by atoms with E-state index in [1.807, 2.05) is 0 Å². The quantitative estimate of drug-likeness (QED) is 0.848. The van der Waals surface area contributed by atoms with Crippen molar-refractivity contribution in [3.63, 3.8) is 0 Å². The van der Waals surface area contributed by atoms with E-state index in [-0.39, 0.29) is 18.0 Å². The van der Waals surface area contributed by atoms with Gasteiger partial charge in [-0.25, -0.2) is 4.79 Å². The molecule has 5 heteroatoms. The van der Waals surface area contributed by atoms with Crippen LogP contribution in [0.5, 0.6) is 0 Å². The van der Waals surface area contributed by atoms with Gasteiger partial charge < -0.3 is 9.84 Å². The summed E-state index contributed by atoms with van der Waals surface area (Å²) in [6.45, 7) is 2.07. The van der Waals surface area contributed by atoms with E-state index in [9.17, 15) is 9.59 Å². The van der Waals surface area contributed by atoms with Crippen LogP contribution in [0.3, 0.4) is 0 Å². The zero-order valence-electron chi connectivity index (χ0n) is 9.85. The third-order valence-corrected chi connectivity index (χ3v) is 2.62. The Morgan fingerprint density at radius 1 is 1.44 bits per heavy atom. The van der Waals surface area contributed by atoms with Crippen molar-refractivity contribution < 1.29 is 19.4 Å². The number of esters is 1. The van der Waals surface area contributed by atoms with Crippen molar-refractivity contribution in [3.8, 4) is 0 Å². The van der Waals surface area contributed by atoms with Crippen LogP contribution in [0.25, 0.3) is 6.08 Å². The first-order valence-electron chi connectivity index (χ1n) is 5.39. The lowest BCUT2D eigenvalue weighted by Crippen LogP contribution is -2.02. The number of rotatable bonds is 5. The Kier molecular flexibility index (Phi) is 5.58. The number of aromatic carboxylic acids is 1. The Labute approximate surface area is 113 Å². The van der Waals surface area contributed by atoms with Gasteiger partial charge in [-0.2, -0.15) is 0 Å². The summed E-state index contributed by atoms with van der Waals surface area (Å²) in [6, 6.07) is 4.85. The lowest BCUT2D eigenvalue weighted by Gasteiger charge is -2.02. The lowest BCUT2D eigenvalue weighted by molar-refractivity contribution is -0.142. The number of carbonyl (C=O) groups excluding carboxylic acids is 1. The topological polar surface area (TPSA) is 63.6 Å². The van der Waals surface area contributed by atoms with Gasteiger partial charge in [0.05, 0.1) is 18.6 Å². The molecule has 0 saturated carbocycles. The highest BCUT2D eigenvalue weighted by Gasteiger charge is 2.08. The monoisotopic (exact) mass is 312 g/mol. The first-order chi connectivity index (χ1) is 8.54. The summed E-state index contributed by atoms with van der Waals surface area (Å²) in [7, 11) is 0. The highest BCUT2D eigenvalue weighted by molar-refractivity contribution is 9.10. The first-order valence-corrected chi connectivity index (χ1v) is 6.19. The van der Waals surface area contributed by atoms with Gasteiger partial charge >= 0.3 is 11.9 Å². The second kappa shape index (κ2) is 6.96. The Hall–Kier alpha value is -1.62. The van der Waals surface area contributed by atoms with E-state index in [2.05, 4.69) is 15.9 Å². The maximum Gasteiger partial charge on any atom is 0.336 e. The van der Waals surface area contributed by atoms with E-state index in [0.717, 1.165) is 4.47 Å². The molecule has 0 radical (unpaired) electrons. The SMILES string of the molecule is CCOC(=O)CC=Cc1cc(Br)ccc1C(=O)O.